The summed E-state index contributed by atoms with van der Waals surface area (Å²) in [5.74, 6) is 0. The van der Waals surface area contributed by atoms with Gasteiger partial charge in [-0.3, -0.25) is 14.8 Å². The molecule has 0 unspecified atom stereocenters. The number of piperazine rings is 1. The summed E-state index contributed by atoms with van der Waals surface area (Å²) in [4.78, 5) is 9.43. The summed E-state index contributed by atoms with van der Waals surface area (Å²) in [6.07, 6.45) is 6.87. The molecule has 2 aliphatic rings. The maximum atomic E-state index is 6.08. The molecule has 5 nitrogen and oxygen atoms in total. The highest BCUT2D eigenvalue weighted by atomic mass is 16.5. The fraction of sp³-hybridized carbons (Fsp3) is 0.500. The molecule has 122 valence electrons. The lowest BCUT2D eigenvalue weighted by atomic mass is 10.1. The van der Waals surface area contributed by atoms with Gasteiger partial charge in [-0.05, 0) is 24.6 Å². The smallest absolute Gasteiger partial charge is 0.0947 e. The zero-order chi connectivity index (χ0) is 15.5. The first-order chi connectivity index (χ1) is 11.4. The van der Waals surface area contributed by atoms with E-state index in [2.05, 4.69) is 20.9 Å². The quantitative estimate of drug-likeness (QED) is 0.846. The molecule has 2 fully saturated rings. The Labute approximate surface area is 136 Å². The van der Waals surface area contributed by atoms with E-state index in [0.29, 0.717) is 18.8 Å². The van der Waals surface area contributed by atoms with Crippen molar-refractivity contribution in [2.45, 2.75) is 31.7 Å². The topological polar surface area (TPSA) is 41.7 Å². The van der Waals surface area contributed by atoms with Gasteiger partial charge in [0.05, 0.1) is 30.9 Å². The van der Waals surface area contributed by atoms with E-state index in [0.717, 1.165) is 44.8 Å². The fourth-order valence-electron chi connectivity index (χ4n) is 3.65. The molecule has 0 spiro atoms. The maximum absolute atomic E-state index is 6.08. The van der Waals surface area contributed by atoms with Gasteiger partial charge in [0.25, 0.3) is 0 Å². The number of aromatic nitrogens is 1. The van der Waals surface area contributed by atoms with Crippen molar-refractivity contribution >= 4 is 0 Å². The third-order valence-electron chi connectivity index (χ3n) is 4.84. The molecule has 0 aliphatic carbocycles. The highest BCUT2D eigenvalue weighted by Gasteiger charge is 2.36. The molecule has 4 rings (SSSR count). The Morgan fingerprint density at radius 2 is 2.22 bits per heavy atom. The minimum atomic E-state index is 0.330. The van der Waals surface area contributed by atoms with Crippen LogP contribution in [-0.2, 0) is 17.9 Å². The molecule has 4 heterocycles. The zero-order valence-electron chi connectivity index (χ0n) is 13.3. The average molecular weight is 313 g/mol. The summed E-state index contributed by atoms with van der Waals surface area (Å²) >= 11 is 0. The summed E-state index contributed by atoms with van der Waals surface area (Å²) in [7, 11) is 0. The van der Waals surface area contributed by atoms with Crippen molar-refractivity contribution in [2.75, 3.05) is 26.2 Å². The Kier molecular flexibility index (Phi) is 4.41. The van der Waals surface area contributed by atoms with E-state index in [1.54, 1.807) is 6.26 Å². The van der Waals surface area contributed by atoms with E-state index in [1.807, 2.05) is 30.7 Å². The lowest BCUT2D eigenvalue weighted by Crippen LogP contribution is -2.49. The molecule has 0 saturated carbocycles. The first-order valence-corrected chi connectivity index (χ1v) is 8.36. The molecule has 0 bridgehead atoms. The van der Waals surface area contributed by atoms with Gasteiger partial charge in [-0.25, -0.2) is 0 Å². The second kappa shape index (κ2) is 6.83. The number of furan rings is 1. The van der Waals surface area contributed by atoms with Crippen molar-refractivity contribution in [3.63, 3.8) is 0 Å². The Balaban J connectivity index is 1.27. The molecule has 5 heteroatoms. The predicted octanol–water partition coefficient (Wildman–Crippen LogP) is 2.15. The Hall–Kier alpha value is -1.69. The maximum Gasteiger partial charge on any atom is 0.0947 e. The molecule has 2 aromatic rings. The van der Waals surface area contributed by atoms with Gasteiger partial charge >= 0.3 is 0 Å². The van der Waals surface area contributed by atoms with Crippen LogP contribution in [0.4, 0.5) is 0 Å². The molecule has 0 N–H and O–H groups in total. The second-order valence-corrected chi connectivity index (χ2v) is 6.51. The molecule has 0 radical (unpaired) electrons. The second-order valence-electron chi connectivity index (χ2n) is 6.51. The first-order valence-electron chi connectivity index (χ1n) is 8.36. The number of fused-ring (bicyclic) bond motifs is 1. The normalized spacial score (nSPS) is 25.6. The standard InChI is InChI=1S/C18H23N3O2/c1-2-5-19-16(3-1)14-23-18-9-17-11-20(6-7-21(17)12-18)10-15-4-8-22-13-15/h1-5,8,13,17-18H,6-7,9-12,14H2/t17-,18+/m1/s1. The van der Waals surface area contributed by atoms with Gasteiger partial charge in [0.1, 0.15) is 0 Å². The minimum Gasteiger partial charge on any atom is -0.472 e. The monoisotopic (exact) mass is 313 g/mol. The molecule has 0 aromatic carbocycles. The molecule has 2 aromatic heterocycles. The summed E-state index contributed by atoms with van der Waals surface area (Å²) in [5.41, 5.74) is 2.28. The Bertz CT molecular complexity index is 602. The number of rotatable bonds is 5. The summed E-state index contributed by atoms with van der Waals surface area (Å²) in [5, 5.41) is 0. The van der Waals surface area contributed by atoms with Crippen molar-refractivity contribution in [1.29, 1.82) is 0 Å². The molecule has 2 atom stereocenters. The highest BCUT2D eigenvalue weighted by molar-refractivity contribution is 5.06. The van der Waals surface area contributed by atoms with Gasteiger partial charge < -0.3 is 9.15 Å². The fourth-order valence-corrected chi connectivity index (χ4v) is 3.65. The number of nitrogens with zero attached hydrogens (tertiary/aromatic N) is 3. The first kappa shape index (κ1) is 14.9. The lowest BCUT2D eigenvalue weighted by molar-refractivity contribution is 0.0440. The summed E-state index contributed by atoms with van der Waals surface area (Å²) in [6.45, 7) is 6.03. The van der Waals surface area contributed by atoms with E-state index in [9.17, 15) is 0 Å². The van der Waals surface area contributed by atoms with Crippen LogP contribution in [0, 0.1) is 0 Å². The lowest BCUT2D eigenvalue weighted by Gasteiger charge is -2.37. The number of hydrogen-bond donors (Lipinski definition) is 0. The zero-order valence-corrected chi connectivity index (χ0v) is 13.3. The van der Waals surface area contributed by atoms with Crippen LogP contribution in [0.1, 0.15) is 17.7 Å². The van der Waals surface area contributed by atoms with Crippen LogP contribution in [0.15, 0.2) is 47.4 Å². The van der Waals surface area contributed by atoms with Crippen LogP contribution in [0.5, 0.6) is 0 Å². The van der Waals surface area contributed by atoms with Crippen LogP contribution < -0.4 is 0 Å². The van der Waals surface area contributed by atoms with Crippen LogP contribution >= 0.6 is 0 Å². The van der Waals surface area contributed by atoms with E-state index in [1.165, 1.54) is 5.56 Å². The van der Waals surface area contributed by atoms with E-state index in [4.69, 9.17) is 9.15 Å². The van der Waals surface area contributed by atoms with Crippen molar-refractivity contribution in [1.82, 2.24) is 14.8 Å². The van der Waals surface area contributed by atoms with Crippen molar-refractivity contribution in [3.05, 3.63) is 54.2 Å². The van der Waals surface area contributed by atoms with Gasteiger partial charge in [0.15, 0.2) is 0 Å². The van der Waals surface area contributed by atoms with Crippen molar-refractivity contribution in [3.8, 4) is 0 Å². The van der Waals surface area contributed by atoms with Crippen molar-refractivity contribution in [2.24, 2.45) is 0 Å². The molecule has 2 aliphatic heterocycles. The number of pyridine rings is 1. The van der Waals surface area contributed by atoms with Gasteiger partial charge in [0, 0.05) is 50.5 Å². The molecule has 2 saturated heterocycles. The van der Waals surface area contributed by atoms with Crippen LogP contribution in [0.2, 0.25) is 0 Å². The third kappa shape index (κ3) is 3.63. The minimum absolute atomic E-state index is 0.330. The van der Waals surface area contributed by atoms with E-state index >= 15 is 0 Å². The number of ether oxygens (including phenoxy) is 1. The van der Waals surface area contributed by atoms with E-state index in [-0.39, 0.29) is 0 Å². The van der Waals surface area contributed by atoms with Gasteiger partial charge in [-0.2, -0.15) is 0 Å². The number of hydrogen-bond acceptors (Lipinski definition) is 5. The van der Waals surface area contributed by atoms with Crippen LogP contribution in [0.25, 0.3) is 0 Å². The van der Waals surface area contributed by atoms with Gasteiger partial charge in [0.2, 0.25) is 0 Å². The molecule has 23 heavy (non-hydrogen) atoms. The van der Waals surface area contributed by atoms with E-state index < -0.39 is 0 Å². The largest absolute Gasteiger partial charge is 0.472 e. The molecule has 0 amide bonds. The highest BCUT2D eigenvalue weighted by Crippen LogP contribution is 2.25. The predicted molar refractivity (Wildman–Crippen MR) is 86.8 cm³/mol. The van der Waals surface area contributed by atoms with Gasteiger partial charge in [-0.15, -0.1) is 0 Å². The summed E-state index contributed by atoms with van der Waals surface area (Å²) < 4.78 is 11.3. The molecular weight excluding hydrogens is 290 g/mol. The van der Waals surface area contributed by atoms with Crippen molar-refractivity contribution < 1.29 is 9.15 Å². The Morgan fingerprint density at radius 1 is 1.22 bits per heavy atom. The van der Waals surface area contributed by atoms with Crippen LogP contribution in [-0.4, -0.2) is 53.1 Å². The molecular formula is C18H23N3O2. The van der Waals surface area contributed by atoms with Crippen LogP contribution in [0.3, 0.4) is 0 Å². The Morgan fingerprint density at radius 3 is 3.04 bits per heavy atom. The average Bonchev–Trinajstić information content (AvgIpc) is 3.23. The summed E-state index contributed by atoms with van der Waals surface area (Å²) in [6, 6.07) is 8.64. The SMILES string of the molecule is c1ccc(CO[C@H]2C[C@@H]3CN(Cc4ccoc4)CCN3C2)nc1. The van der Waals surface area contributed by atoms with Gasteiger partial charge in [-0.1, -0.05) is 6.07 Å². The third-order valence-corrected chi connectivity index (χ3v) is 4.84.